The molecule has 0 bridgehead atoms. The first-order chi connectivity index (χ1) is 12.0. The Morgan fingerprint density at radius 2 is 2.04 bits per heavy atom. The first-order valence-electron chi connectivity index (χ1n) is 8.83. The minimum atomic E-state index is -0.386. The normalized spacial score (nSPS) is 22.2. The zero-order valence-electron chi connectivity index (χ0n) is 15.0. The summed E-state index contributed by atoms with van der Waals surface area (Å²) in [5.74, 6) is 0.181. The Hall–Kier alpha value is -2.14. The largest absolute Gasteiger partial charge is 0.379 e. The molecule has 2 aliphatic rings. The highest BCUT2D eigenvalue weighted by Crippen LogP contribution is 2.30. The molecule has 5 nitrogen and oxygen atoms in total. The van der Waals surface area contributed by atoms with E-state index in [1.165, 1.54) is 0 Å². The van der Waals surface area contributed by atoms with Crippen LogP contribution in [-0.2, 0) is 16.0 Å². The third-order valence-electron chi connectivity index (χ3n) is 5.15. The molecule has 2 amide bonds. The van der Waals surface area contributed by atoms with E-state index in [4.69, 9.17) is 4.74 Å². The highest BCUT2D eigenvalue weighted by Gasteiger charge is 2.45. The van der Waals surface area contributed by atoms with E-state index in [1.807, 2.05) is 54.0 Å². The van der Waals surface area contributed by atoms with Crippen molar-refractivity contribution in [2.24, 2.45) is 5.41 Å². The minimum absolute atomic E-state index is 0.00779. The van der Waals surface area contributed by atoms with Gasteiger partial charge in [-0.3, -0.25) is 9.59 Å². The summed E-state index contributed by atoms with van der Waals surface area (Å²) in [6.07, 6.45) is 2.49. The van der Waals surface area contributed by atoms with Crippen LogP contribution in [0.25, 0.3) is 0 Å². The van der Waals surface area contributed by atoms with Gasteiger partial charge in [-0.05, 0) is 31.9 Å². The predicted molar refractivity (Wildman–Crippen MR) is 96.3 cm³/mol. The second-order valence-corrected chi connectivity index (χ2v) is 7.30. The van der Waals surface area contributed by atoms with Gasteiger partial charge in [0.2, 0.25) is 5.91 Å². The summed E-state index contributed by atoms with van der Waals surface area (Å²) < 4.78 is 5.21. The maximum Gasteiger partial charge on any atom is 0.254 e. The Balaban J connectivity index is 1.70. The van der Waals surface area contributed by atoms with Gasteiger partial charge < -0.3 is 14.5 Å². The van der Waals surface area contributed by atoms with Crippen molar-refractivity contribution in [3.63, 3.8) is 0 Å². The van der Waals surface area contributed by atoms with Crippen molar-refractivity contribution in [1.29, 1.82) is 0 Å². The number of ether oxygens (including phenoxy) is 1. The molecule has 2 heterocycles. The molecule has 0 aliphatic carbocycles. The predicted octanol–water partition coefficient (Wildman–Crippen LogP) is 2.12. The molecule has 2 fully saturated rings. The molecule has 0 N–H and O–H groups in total. The van der Waals surface area contributed by atoms with Gasteiger partial charge in [-0.1, -0.05) is 24.3 Å². The van der Waals surface area contributed by atoms with Gasteiger partial charge in [-0.2, -0.15) is 0 Å². The summed E-state index contributed by atoms with van der Waals surface area (Å²) in [6, 6.07) is 7.67. The summed E-state index contributed by atoms with van der Waals surface area (Å²) in [6.45, 7) is 10.4. The number of hydrogen-bond donors (Lipinski definition) is 0. The number of carbonyl (C=O) groups excluding carboxylic acids is 2. The topological polar surface area (TPSA) is 49.9 Å². The maximum atomic E-state index is 13.0. The lowest BCUT2D eigenvalue weighted by Gasteiger charge is -2.45. The van der Waals surface area contributed by atoms with Crippen LogP contribution in [0.2, 0.25) is 0 Å². The smallest absolute Gasteiger partial charge is 0.254 e. The molecule has 0 aromatic heterocycles. The molecule has 3 rings (SSSR count). The zero-order chi connectivity index (χ0) is 18.0. The van der Waals surface area contributed by atoms with Crippen LogP contribution in [0.1, 0.15) is 29.8 Å². The van der Waals surface area contributed by atoms with E-state index in [-0.39, 0.29) is 23.3 Å². The fourth-order valence-electron chi connectivity index (χ4n) is 3.57. The van der Waals surface area contributed by atoms with Crippen molar-refractivity contribution in [3.8, 4) is 0 Å². The zero-order valence-corrected chi connectivity index (χ0v) is 15.0. The van der Waals surface area contributed by atoms with Crippen LogP contribution >= 0.6 is 0 Å². The van der Waals surface area contributed by atoms with Crippen LogP contribution in [0.4, 0.5) is 0 Å². The average Bonchev–Trinajstić information content (AvgIpc) is 2.59. The van der Waals surface area contributed by atoms with Crippen molar-refractivity contribution in [3.05, 3.63) is 48.0 Å². The molecule has 0 spiro atoms. The van der Waals surface area contributed by atoms with Gasteiger partial charge in [0, 0.05) is 31.2 Å². The Kier molecular flexibility index (Phi) is 4.95. The van der Waals surface area contributed by atoms with Crippen molar-refractivity contribution < 1.29 is 14.3 Å². The number of hydrogen-bond acceptors (Lipinski definition) is 3. The van der Waals surface area contributed by atoms with Crippen molar-refractivity contribution in [1.82, 2.24) is 9.80 Å². The van der Waals surface area contributed by atoms with E-state index in [0.29, 0.717) is 39.3 Å². The average molecular weight is 342 g/mol. The van der Waals surface area contributed by atoms with E-state index in [1.54, 1.807) is 0 Å². The van der Waals surface area contributed by atoms with E-state index in [0.717, 1.165) is 11.1 Å². The number of allylic oxidation sites excluding steroid dienone is 1. The number of carbonyl (C=O) groups is 2. The summed E-state index contributed by atoms with van der Waals surface area (Å²) >= 11 is 0. The van der Waals surface area contributed by atoms with Crippen LogP contribution in [0.3, 0.4) is 0 Å². The number of nitrogens with zero attached hydrogens (tertiary/aromatic N) is 2. The van der Waals surface area contributed by atoms with Gasteiger partial charge in [0.1, 0.15) is 0 Å². The third-order valence-corrected chi connectivity index (χ3v) is 5.15. The fraction of sp³-hybridized carbons (Fsp3) is 0.500. The number of rotatable bonds is 4. The molecular formula is C20H26N2O3. The van der Waals surface area contributed by atoms with Gasteiger partial charge in [-0.25, -0.2) is 0 Å². The molecule has 2 saturated heterocycles. The Labute approximate surface area is 149 Å². The third kappa shape index (κ3) is 3.33. The maximum absolute atomic E-state index is 13.0. The SMILES string of the molecule is C=CCc1ccccc1C(=O)N1CCN(C(=O)C2(C)COC2)C[C@H]1C. The van der Waals surface area contributed by atoms with Crippen LogP contribution in [0.15, 0.2) is 36.9 Å². The lowest BCUT2D eigenvalue weighted by atomic mass is 9.86. The molecule has 5 heteroatoms. The van der Waals surface area contributed by atoms with Crippen LogP contribution in [0.5, 0.6) is 0 Å². The van der Waals surface area contributed by atoms with Gasteiger partial charge in [0.15, 0.2) is 0 Å². The molecular weight excluding hydrogens is 316 g/mol. The molecule has 25 heavy (non-hydrogen) atoms. The molecule has 134 valence electrons. The van der Waals surface area contributed by atoms with E-state index < -0.39 is 0 Å². The van der Waals surface area contributed by atoms with Crippen molar-refractivity contribution in [2.75, 3.05) is 32.8 Å². The Bertz CT molecular complexity index is 681. The lowest BCUT2D eigenvalue weighted by molar-refractivity contribution is -0.170. The monoisotopic (exact) mass is 342 g/mol. The summed E-state index contributed by atoms with van der Waals surface area (Å²) in [4.78, 5) is 29.4. The summed E-state index contributed by atoms with van der Waals surface area (Å²) in [5.41, 5.74) is 1.34. The lowest BCUT2D eigenvalue weighted by Crippen LogP contribution is -2.61. The number of piperazine rings is 1. The van der Waals surface area contributed by atoms with E-state index in [2.05, 4.69) is 6.58 Å². The highest BCUT2D eigenvalue weighted by atomic mass is 16.5. The molecule has 0 radical (unpaired) electrons. The van der Waals surface area contributed by atoms with Crippen molar-refractivity contribution in [2.45, 2.75) is 26.3 Å². The molecule has 1 atom stereocenters. The molecule has 2 aliphatic heterocycles. The Morgan fingerprint density at radius 3 is 2.64 bits per heavy atom. The molecule has 0 unspecified atom stereocenters. The van der Waals surface area contributed by atoms with E-state index >= 15 is 0 Å². The second-order valence-electron chi connectivity index (χ2n) is 7.30. The quantitative estimate of drug-likeness (QED) is 0.788. The Morgan fingerprint density at radius 1 is 1.32 bits per heavy atom. The molecule has 1 aromatic rings. The van der Waals surface area contributed by atoms with E-state index in [9.17, 15) is 9.59 Å². The first kappa shape index (κ1) is 17.7. The molecule has 1 aromatic carbocycles. The summed E-state index contributed by atoms with van der Waals surface area (Å²) in [5, 5.41) is 0. The van der Waals surface area contributed by atoms with Crippen LogP contribution in [0, 0.1) is 5.41 Å². The number of benzene rings is 1. The van der Waals surface area contributed by atoms with Crippen LogP contribution in [-0.4, -0.2) is 60.5 Å². The van der Waals surface area contributed by atoms with Crippen LogP contribution < -0.4 is 0 Å². The second kappa shape index (κ2) is 7.00. The van der Waals surface area contributed by atoms with Gasteiger partial charge in [0.25, 0.3) is 5.91 Å². The first-order valence-corrected chi connectivity index (χ1v) is 8.83. The standard InChI is InChI=1S/C20H26N2O3/c1-4-7-16-8-5-6-9-17(16)18(23)22-11-10-21(12-15(22)2)19(24)20(3)13-25-14-20/h4-6,8-9,15H,1,7,10-14H2,2-3H3/t15-/m1/s1. The summed E-state index contributed by atoms with van der Waals surface area (Å²) in [7, 11) is 0. The van der Waals surface area contributed by atoms with Crippen molar-refractivity contribution >= 4 is 11.8 Å². The van der Waals surface area contributed by atoms with Gasteiger partial charge >= 0.3 is 0 Å². The molecule has 0 saturated carbocycles. The van der Waals surface area contributed by atoms with Gasteiger partial charge in [0.05, 0.1) is 18.6 Å². The highest BCUT2D eigenvalue weighted by molar-refractivity contribution is 5.96. The minimum Gasteiger partial charge on any atom is -0.379 e. The van der Waals surface area contributed by atoms with Gasteiger partial charge in [-0.15, -0.1) is 6.58 Å². The fourth-order valence-corrected chi connectivity index (χ4v) is 3.57. The number of amides is 2.